The molecule has 28 heavy (non-hydrogen) atoms. The predicted octanol–water partition coefficient (Wildman–Crippen LogP) is 3.94. The molecule has 0 radical (unpaired) electrons. The molecule has 3 aromatic rings. The number of ketones is 1. The fraction of sp³-hybridized carbons (Fsp3) is 0.286. The van der Waals surface area contributed by atoms with Crippen LogP contribution in [0.5, 0.6) is 11.5 Å². The topological polar surface area (TPSA) is 66.2 Å². The van der Waals surface area contributed by atoms with Gasteiger partial charge in [0.2, 0.25) is 0 Å². The van der Waals surface area contributed by atoms with E-state index in [1.54, 1.807) is 31.4 Å². The van der Waals surface area contributed by atoms with E-state index in [4.69, 9.17) is 9.47 Å². The van der Waals surface area contributed by atoms with Gasteiger partial charge in [-0.1, -0.05) is 30.8 Å². The maximum absolute atomic E-state index is 12.4. The molecular weight excluding hydrogens is 374 g/mol. The first-order valence-corrected chi connectivity index (χ1v) is 9.99. The number of hydrogen-bond acceptors (Lipinski definition) is 6. The fourth-order valence-corrected chi connectivity index (χ4v) is 3.38. The first kappa shape index (κ1) is 19.9. The van der Waals surface area contributed by atoms with Crippen LogP contribution in [-0.4, -0.2) is 33.4 Å². The molecule has 0 aliphatic carbocycles. The summed E-state index contributed by atoms with van der Waals surface area (Å²) in [6, 6.07) is 15.1. The van der Waals surface area contributed by atoms with Gasteiger partial charge in [-0.25, -0.2) is 0 Å². The van der Waals surface area contributed by atoms with Gasteiger partial charge in [-0.2, -0.15) is 0 Å². The monoisotopic (exact) mass is 397 g/mol. The molecule has 0 N–H and O–H groups in total. The number of carbonyl (C=O) groups is 1. The molecule has 0 atom stereocenters. The SMILES string of the molecule is CCc1ccc(OCc2nnc(SCC(=O)c3ccc(OC)cc3)n2C)cc1. The molecule has 0 aliphatic heterocycles. The van der Waals surface area contributed by atoms with Gasteiger partial charge < -0.3 is 14.0 Å². The number of carbonyl (C=O) groups excluding carboxylic acids is 1. The minimum atomic E-state index is 0.0319. The van der Waals surface area contributed by atoms with Crippen LogP contribution in [0.2, 0.25) is 0 Å². The number of aryl methyl sites for hydroxylation is 1. The van der Waals surface area contributed by atoms with Crippen molar-refractivity contribution in [3.8, 4) is 11.5 Å². The van der Waals surface area contributed by atoms with Crippen molar-refractivity contribution in [1.29, 1.82) is 0 Å². The zero-order valence-corrected chi connectivity index (χ0v) is 17.0. The first-order chi connectivity index (χ1) is 13.6. The lowest BCUT2D eigenvalue weighted by Crippen LogP contribution is -2.06. The van der Waals surface area contributed by atoms with Crippen molar-refractivity contribution in [2.45, 2.75) is 25.1 Å². The van der Waals surface area contributed by atoms with Crippen LogP contribution in [0.15, 0.2) is 53.7 Å². The summed E-state index contributed by atoms with van der Waals surface area (Å²) in [5.41, 5.74) is 1.92. The zero-order valence-electron chi connectivity index (χ0n) is 16.2. The van der Waals surface area contributed by atoms with E-state index in [0.717, 1.165) is 17.9 Å². The van der Waals surface area contributed by atoms with Gasteiger partial charge in [0, 0.05) is 12.6 Å². The molecule has 0 aliphatic rings. The van der Waals surface area contributed by atoms with Gasteiger partial charge in [0.1, 0.15) is 18.1 Å². The van der Waals surface area contributed by atoms with Crippen molar-refractivity contribution in [1.82, 2.24) is 14.8 Å². The van der Waals surface area contributed by atoms with E-state index >= 15 is 0 Å². The van der Waals surface area contributed by atoms with Crippen LogP contribution >= 0.6 is 11.8 Å². The number of aromatic nitrogens is 3. The van der Waals surface area contributed by atoms with E-state index in [-0.39, 0.29) is 11.5 Å². The Morgan fingerprint density at radius 3 is 2.36 bits per heavy atom. The zero-order chi connectivity index (χ0) is 19.9. The van der Waals surface area contributed by atoms with Crippen LogP contribution in [0.4, 0.5) is 0 Å². The van der Waals surface area contributed by atoms with Crippen molar-refractivity contribution in [2.24, 2.45) is 7.05 Å². The second-order valence-electron chi connectivity index (χ2n) is 6.18. The molecule has 1 heterocycles. The van der Waals surface area contributed by atoms with Gasteiger partial charge in [-0.3, -0.25) is 4.79 Å². The number of nitrogens with zero attached hydrogens (tertiary/aromatic N) is 3. The molecule has 0 amide bonds. The normalized spacial score (nSPS) is 10.7. The highest BCUT2D eigenvalue weighted by molar-refractivity contribution is 7.99. The molecule has 0 unspecified atom stereocenters. The summed E-state index contributed by atoms with van der Waals surface area (Å²) in [5, 5.41) is 9.03. The molecule has 7 heteroatoms. The lowest BCUT2D eigenvalue weighted by molar-refractivity contribution is 0.102. The van der Waals surface area contributed by atoms with Crippen LogP contribution in [0, 0.1) is 0 Å². The maximum Gasteiger partial charge on any atom is 0.191 e. The summed E-state index contributed by atoms with van der Waals surface area (Å²) >= 11 is 1.36. The van der Waals surface area contributed by atoms with Gasteiger partial charge in [-0.15, -0.1) is 10.2 Å². The van der Waals surface area contributed by atoms with Crippen molar-refractivity contribution >= 4 is 17.5 Å². The third kappa shape index (κ3) is 4.92. The highest BCUT2D eigenvalue weighted by atomic mass is 32.2. The second-order valence-corrected chi connectivity index (χ2v) is 7.13. The Morgan fingerprint density at radius 1 is 1.04 bits per heavy atom. The van der Waals surface area contributed by atoms with E-state index in [1.165, 1.54) is 17.3 Å². The highest BCUT2D eigenvalue weighted by Crippen LogP contribution is 2.20. The van der Waals surface area contributed by atoms with Crippen LogP contribution in [0.1, 0.15) is 28.7 Å². The van der Waals surface area contributed by atoms with E-state index in [9.17, 15) is 4.79 Å². The number of benzene rings is 2. The standard InChI is InChI=1S/C21H23N3O3S/c1-4-15-5-9-18(10-6-15)27-13-20-22-23-21(24(20)2)28-14-19(25)16-7-11-17(26-3)12-8-16/h5-12H,4,13-14H2,1-3H3. The van der Waals surface area contributed by atoms with Crippen LogP contribution in [-0.2, 0) is 20.1 Å². The Morgan fingerprint density at radius 2 is 1.71 bits per heavy atom. The maximum atomic E-state index is 12.4. The van der Waals surface area contributed by atoms with E-state index < -0.39 is 0 Å². The van der Waals surface area contributed by atoms with Crippen LogP contribution < -0.4 is 9.47 Å². The summed E-state index contributed by atoms with van der Waals surface area (Å²) in [4.78, 5) is 12.4. The number of thioether (sulfide) groups is 1. The lowest BCUT2D eigenvalue weighted by atomic mass is 10.1. The summed E-state index contributed by atoms with van der Waals surface area (Å²) in [7, 11) is 3.47. The third-order valence-corrected chi connectivity index (χ3v) is 5.39. The highest BCUT2D eigenvalue weighted by Gasteiger charge is 2.13. The van der Waals surface area contributed by atoms with Crippen LogP contribution in [0.3, 0.4) is 0 Å². The molecular formula is C21H23N3O3S. The molecule has 6 nitrogen and oxygen atoms in total. The molecule has 0 fully saturated rings. The summed E-state index contributed by atoms with van der Waals surface area (Å²) in [5.74, 6) is 2.55. The van der Waals surface area contributed by atoms with Gasteiger partial charge in [0.15, 0.2) is 16.8 Å². The smallest absolute Gasteiger partial charge is 0.191 e. The number of ether oxygens (including phenoxy) is 2. The lowest BCUT2D eigenvalue weighted by Gasteiger charge is -2.07. The Labute approximate surface area is 168 Å². The molecule has 3 rings (SSSR count). The second kappa shape index (κ2) is 9.41. The quantitative estimate of drug-likeness (QED) is 0.402. The Kier molecular flexibility index (Phi) is 6.71. The van der Waals surface area contributed by atoms with Crippen LogP contribution in [0.25, 0.3) is 0 Å². The molecule has 0 saturated carbocycles. The van der Waals surface area contributed by atoms with Crippen molar-refractivity contribution in [2.75, 3.05) is 12.9 Å². The Balaban J connectivity index is 1.55. The predicted molar refractivity (Wildman–Crippen MR) is 109 cm³/mol. The van der Waals surface area contributed by atoms with E-state index in [0.29, 0.717) is 23.2 Å². The third-order valence-electron chi connectivity index (χ3n) is 4.37. The minimum absolute atomic E-state index is 0.0319. The summed E-state index contributed by atoms with van der Waals surface area (Å²) in [6.45, 7) is 2.44. The fourth-order valence-electron chi connectivity index (χ4n) is 2.56. The van der Waals surface area contributed by atoms with Crippen molar-refractivity contribution < 1.29 is 14.3 Å². The Bertz CT molecular complexity index is 921. The van der Waals surface area contributed by atoms with Gasteiger partial charge >= 0.3 is 0 Å². The molecule has 0 bridgehead atoms. The van der Waals surface area contributed by atoms with Gasteiger partial charge in [0.25, 0.3) is 0 Å². The van der Waals surface area contributed by atoms with E-state index in [2.05, 4.69) is 29.3 Å². The Hall–Kier alpha value is -2.80. The molecule has 146 valence electrons. The van der Waals surface area contributed by atoms with Crippen molar-refractivity contribution in [3.63, 3.8) is 0 Å². The summed E-state index contributed by atoms with van der Waals surface area (Å²) < 4.78 is 12.8. The number of hydrogen-bond donors (Lipinski definition) is 0. The number of rotatable bonds is 9. The average molecular weight is 398 g/mol. The average Bonchev–Trinajstić information content (AvgIpc) is 3.10. The molecule has 2 aromatic carbocycles. The van der Waals surface area contributed by atoms with Crippen molar-refractivity contribution in [3.05, 3.63) is 65.5 Å². The molecule has 0 saturated heterocycles. The first-order valence-electron chi connectivity index (χ1n) is 9.00. The minimum Gasteiger partial charge on any atom is -0.497 e. The van der Waals surface area contributed by atoms with Gasteiger partial charge in [-0.05, 0) is 48.4 Å². The summed E-state index contributed by atoms with van der Waals surface area (Å²) in [6.07, 6.45) is 0.999. The number of Topliss-reactive ketones (excluding diaryl/α,β-unsaturated/α-hetero) is 1. The van der Waals surface area contributed by atoms with E-state index in [1.807, 2.05) is 23.7 Å². The van der Waals surface area contributed by atoms with Gasteiger partial charge in [0.05, 0.1) is 12.9 Å². The molecule has 1 aromatic heterocycles. The number of methoxy groups -OCH3 is 1. The largest absolute Gasteiger partial charge is 0.497 e. The molecule has 0 spiro atoms.